The summed E-state index contributed by atoms with van der Waals surface area (Å²) in [6, 6.07) is 5.84. The molecule has 0 saturated heterocycles. The number of nitrogens with zero attached hydrogens (tertiary/aromatic N) is 2. The van der Waals surface area contributed by atoms with E-state index >= 15 is 0 Å². The molecule has 0 aliphatic carbocycles. The number of amides is 1. The van der Waals surface area contributed by atoms with Gasteiger partial charge in [-0.3, -0.25) is 9.48 Å². The van der Waals surface area contributed by atoms with E-state index in [9.17, 15) is 18.0 Å². The predicted octanol–water partition coefficient (Wildman–Crippen LogP) is 3.74. The van der Waals surface area contributed by atoms with Crippen molar-refractivity contribution in [3.05, 3.63) is 41.2 Å². The molecule has 154 valence electrons. The molecule has 2 atom stereocenters. The highest BCUT2D eigenvalue weighted by molar-refractivity contribution is 5.78. The van der Waals surface area contributed by atoms with E-state index in [4.69, 9.17) is 9.47 Å². The first-order valence-electron chi connectivity index (χ1n) is 8.70. The van der Waals surface area contributed by atoms with Gasteiger partial charge in [0.2, 0.25) is 5.91 Å². The highest BCUT2D eigenvalue weighted by atomic mass is 19.4. The molecule has 9 heteroatoms. The van der Waals surface area contributed by atoms with Crippen LogP contribution in [-0.2, 0) is 17.5 Å². The molecule has 0 fully saturated rings. The molecule has 1 aromatic heterocycles. The molecule has 0 aliphatic heterocycles. The lowest BCUT2D eigenvalue weighted by Crippen LogP contribution is -2.34. The van der Waals surface area contributed by atoms with Crippen molar-refractivity contribution in [2.24, 2.45) is 5.92 Å². The standard InChI is InChI=1S/C19H24F3N3O3/c1-11(10-25-12(2)8-17(24-25)19(20,21)22)18(26)23-13(3)15-9-14(27-4)6-7-16(15)28-5/h6-9,11,13H,10H2,1-5H3,(H,23,26). The van der Waals surface area contributed by atoms with Gasteiger partial charge in [0.1, 0.15) is 11.5 Å². The number of ether oxygens (including phenoxy) is 2. The fourth-order valence-corrected chi connectivity index (χ4v) is 2.79. The topological polar surface area (TPSA) is 65.4 Å². The van der Waals surface area contributed by atoms with Gasteiger partial charge in [0, 0.05) is 11.3 Å². The molecule has 1 amide bonds. The quantitative estimate of drug-likeness (QED) is 0.770. The second-order valence-corrected chi connectivity index (χ2v) is 6.59. The molecule has 1 heterocycles. The molecule has 2 unspecified atom stereocenters. The van der Waals surface area contributed by atoms with Crippen molar-refractivity contribution in [1.29, 1.82) is 0 Å². The monoisotopic (exact) mass is 399 g/mol. The van der Waals surface area contributed by atoms with Crippen LogP contribution in [0.25, 0.3) is 0 Å². The van der Waals surface area contributed by atoms with Crippen LogP contribution in [0.4, 0.5) is 13.2 Å². The Bertz CT molecular complexity index is 834. The number of aryl methyl sites for hydroxylation is 1. The van der Waals surface area contributed by atoms with Crippen molar-refractivity contribution in [3.63, 3.8) is 0 Å². The van der Waals surface area contributed by atoms with E-state index in [1.54, 1.807) is 39.2 Å². The number of halogens is 3. The third-order valence-corrected chi connectivity index (χ3v) is 4.43. The summed E-state index contributed by atoms with van der Waals surface area (Å²) in [6.45, 7) is 4.99. The first kappa shape index (κ1) is 21.6. The molecule has 0 bridgehead atoms. The lowest BCUT2D eigenvalue weighted by molar-refractivity contribution is -0.141. The van der Waals surface area contributed by atoms with Crippen molar-refractivity contribution >= 4 is 5.91 Å². The smallest absolute Gasteiger partial charge is 0.435 e. The zero-order chi connectivity index (χ0) is 21.1. The maximum atomic E-state index is 12.8. The van der Waals surface area contributed by atoms with Crippen LogP contribution in [0.5, 0.6) is 11.5 Å². The van der Waals surface area contributed by atoms with Gasteiger partial charge in [-0.2, -0.15) is 18.3 Å². The molecule has 2 aromatic rings. The maximum Gasteiger partial charge on any atom is 0.435 e. The highest BCUT2D eigenvalue weighted by Crippen LogP contribution is 2.30. The van der Waals surface area contributed by atoms with Crippen LogP contribution in [0.2, 0.25) is 0 Å². The number of nitrogens with one attached hydrogen (secondary N) is 1. The lowest BCUT2D eigenvalue weighted by Gasteiger charge is -2.20. The van der Waals surface area contributed by atoms with E-state index in [0.717, 1.165) is 11.6 Å². The Hall–Kier alpha value is -2.71. The number of hydrogen-bond acceptors (Lipinski definition) is 4. The number of rotatable bonds is 7. The van der Waals surface area contributed by atoms with Gasteiger partial charge in [-0.25, -0.2) is 0 Å². The van der Waals surface area contributed by atoms with Crippen molar-refractivity contribution in [3.8, 4) is 11.5 Å². The molecule has 0 saturated carbocycles. The molecule has 0 aliphatic rings. The van der Waals surface area contributed by atoms with E-state index < -0.39 is 17.8 Å². The van der Waals surface area contributed by atoms with Gasteiger partial charge in [-0.15, -0.1) is 0 Å². The first-order valence-corrected chi connectivity index (χ1v) is 8.70. The SMILES string of the molecule is COc1ccc(OC)c(C(C)NC(=O)C(C)Cn2nc(C(F)(F)F)cc2C)c1. The molecule has 28 heavy (non-hydrogen) atoms. The largest absolute Gasteiger partial charge is 0.497 e. The number of hydrogen-bond donors (Lipinski definition) is 1. The molecule has 6 nitrogen and oxygen atoms in total. The van der Waals surface area contributed by atoms with Crippen molar-refractivity contribution in [1.82, 2.24) is 15.1 Å². The van der Waals surface area contributed by atoms with Crippen LogP contribution < -0.4 is 14.8 Å². The first-order chi connectivity index (χ1) is 13.1. The van der Waals surface area contributed by atoms with Crippen molar-refractivity contribution < 1.29 is 27.4 Å². The van der Waals surface area contributed by atoms with Crippen molar-refractivity contribution in [2.45, 2.75) is 39.5 Å². The molecular formula is C19H24F3N3O3. The van der Waals surface area contributed by atoms with Crippen LogP contribution in [-0.4, -0.2) is 29.9 Å². The summed E-state index contributed by atoms with van der Waals surface area (Å²) in [6.07, 6.45) is -4.51. The number of benzene rings is 1. The van der Waals surface area contributed by atoms with Crippen LogP contribution in [0.3, 0.4) is 0 Å². The van der Waals surface area contributed by atoms with E-state index in [1.807, 2.05) is 0 Å². The summed E-state index contributed by atoms with van der Waals surface area (Å²) in [5.74, 6) is 0.329. The summed E-state index contributed by atoms with van der Waals surface area (Å²) in [4.78, 5) is 12.6. The molecule has 0 radical (unpaired) electrons. The van der Waals surface area contributed by atoms with Gasteiger partial charge in [-0.05, 0) is 38.1 Å². The minimum Gasteiger partial charge on any atom is -0.497 e. The van der Waals surface area contributed by atoms with Crippen LogP contribution >= 0.6 is 0 Å². The summed E-state index contributed by atoms with van der Waals surface area (Å²) in [5, 5.41) is 6.43. The fourth-order valence-electron chi connectivity index (χ4n) is 2.79. The Kier molecular flexibility index (Phi) is 6.58. The predicted molar refractivity (Wildman–Crippen MR) is 97.2 cm³/mol. The summed E-state index contributed by atoms with van der Waals surface area (Å²) >= 11 is 0. The molecule has 1 aromatic carbocycles. The Balaban J connectivity index is 2.09. The second kappa shape index (κ2) is 8.53. The van der Waals surface area contributed by atoms with Crippen LogP contribution in [0.1, 0.15) is 36.8 Å². The Morgan fingerprint density at radius 3 is 2.43 bits per heavy atom. The third kappa shape index (κ3) is 4.96. The van der Waals surface area contributed by atoms with E-state index in [2.05, 4.69) is 10.4 Å². The third-order valence-electron chi connectivity index (χ3n) is 4.43. The normalized spacial score (nSPS) is 13.7. The zero-order valence-electron chi connectivity index (χ0n) is 16.4. The minimum atomic E-state index is -4.51. The molecule has 1 N–H and O–H groups in total. The number of alkyl halides is 3. The van der Waals surface area contributed by atoms with E-state index in [1.165, 1.54) is 18.7 Å². The summed E-state index contributed by atoms with van der Waals surface area (Å²) < 4.78 is 50.1. The van der Waals surface area contributed by atoms with Gasteiger partial charge in [0.25, 0.3) is 0 Å². The van der Waals surface area contributed by atoms with Crippen molar-refractivity contribution in [2.75, 3.05) is 14.2 Å². The zero-order valence-corrected chi connectivity index (χ0v) is 16.4. The highest BCUT2D eigenvalue weighted by Gasteiger charge is 2.34. The molecular weight excluding hydrogens is 375 g/mol. The van der Waals surface area contributed by atoms with Crippen LogP contribution in [0, 0.1) is 12.8 Å². The van der Waals surface area contributed by atoms with Crippen LogP contribution in [0.15, 0.2) is 24.3 Å². The van der Waals surface area contributed by atoms with Gasteiger partial charge >= 0.3 is 6.18 Å². The number of methoxy groups -OCH3 is 2. The Morgan fingerprint density at radius 1 is 1.21 bits per heavy atom. The number of carbonyl (C=O) groups excluding carboxylic acids is 1. The van der Waals surface area contributed by atoms with E-state index in [-0.39, 0.29) is 18.5 Å². The summed E-state index contributed by atoms with van der Waals surface area (Å²) in [7, 11) is 3.07. The average Bonchev–Trinajstić information content (AvgIpc) is 3.01. The van der Waals surface area contributed by atoms with Gasteiger partial charge in [0.05, 0.1) is 32.7 Å². The second-order valence-electron chi connectivity index (χ2n) is 6.59. The Morgan fingerprint density at radius 2 is 1.89 bits per heavy atom. The van der Waals surface area contributed by atoms with Gasteiger partial charge in [-0.1, -0.05) is 6.92 Å². The Labute approximate surface area is 161 Å². The lowest BCUT2D eigenvalue weighted by atomic mass is 10.0. The number of aromatic nitrogens is 2. The summed E-state index contributed by atoms with van der Waals surface area (Å²) in [5.41, 5.74) is 0.110. The van der Waals surface area contributed by atoms with E-state index in [0.29, 0.717) is 17.2 Å². The number of carbonyl (C=O) groups is 1. The molecule has 0 spiro atoms. The van der Waals surface area contributed by atoms with Gasteiger partial charge in [0.15, 0.2) is 5.69 Å². The maximum absolute atomic E-state index is 12.8. The fraction of sp³-hybridized carbons (Fsp3) is 0.474. The average molecular weight is 399 g/mol. The molecule has 2 rings (SSSR count). The minimum absolute atomic E-state index is 0.0374. The van der Waals surface area contributed by atoms with Gasteiger partial charge < -0.3 is 14.8 Å².